The molecule has 0 radical (unpaired) electrons. The number of thiazole rings is 1. The van der Waals surface area contributed by atoms with Gasteiger partial charge >= 0.3 is 0 Å². The highest BCUT2D eigenvalue weighted by molar-refractivity contribution is 7.91. The van der Waals surface area contributed by atoms with E-state index in [0.717, 1.165) is 14.8 Å². The summed E-state index contributed by atoms with van der Waals surface area (Å²) in [6.45, 7) is 2.69. The van der Waals surface area contributed by atoms with Crippen LogP contribution in [0.15, 0.2) is 22.5 Å². The average Bonchev–Trinajstić information content (AvgIpc) is 2.97. The van der Waals surface area contributed by atoms with Crippen molar-refractivity contribution in [1.29, 1.82) is 0 Å². The topological polar surface area (TPSA) is 85.1 Å². The van der Waals surface area contributed by atoms with Crippen LogP contribution in [0.2, 0.25) is 0 Å². The molecule has 0 spiro atoms. The fourth-order valence-electron chi connectivity index (χ4n) is 1.50. The third-order valence-corrected chi connectivity index (χ3v) is 6.35. The summed E-state index contributed by atoms with van der Waals surface area (Å²) in [5, 5.41) is 0.926. The van der Waals surface area contributed by atoms with Gasteiger partial charge in [-0.05, 0) is 32.0 Å². The number of aromatic nitrogens is 1. The van der Waals surface area contributed by atoms with E-state index in [4.69, 9.17) is 5.73 Å². The van der Waals surface area contributed by atoms with Crippen LogP contribution in [0.5, 0.6) is 0 Å². The van der Waals surface area contributed by atoms with E-state index >= 15 is 0 Å². The van der Waals surface area contributed by atoms with E-state index in [-0.39, 0.29) is 6.54 Å². The Kier molecular flexibility index (Phi) is 4.69. The van der Waals surface area contributed by atoms with Crippen LogP contribution >= 0.6 is 22.7 Å². The molecule has 0 amide bonds. The summed E-state index contributed by atoms with van der Waals surface area (Å²) in [5.74, 6) is 0. The van der Waals surface area contributed by atoms with Gasteiger partial charge in [-0.3, -0.25) is 0 Å². The number of hydrogen-bond acceptors (Lipinski definition) is 6. The van der Waals surface area contributed by atoms with E-state index < -0.39 is 10.0 Å². The van der Waals surface area contributed by atoms with Gasteiger partial charge in [-0.2, -0.15) is 0 Å². The van der Waals surface area contributed by atoms with E-state index in [1.807, 2.05) is 13.0 Å². The molecule has 5 nitrogen and oxygen atoms in total. The van der Waals surface area contributed by atoms with Gasteiger partial charge in [-0.15, -0.1) is 22.7 Å². The zero-order chi connectivity index (χ0) is 13.9. The second kappa shape index (κ2) is 6.10. The van der Waals surface area contributed by atoms with Crippen molar-refractivity contribution in [2.24, 2.45) is 5.73 Å². The molecule has 2 aromatic rings. The van der Waals surface area contributed by atoms with E-state index in [0.29, 0.717) is 17.2 Å². The van der Waals surface area contributed by atoms with Gasteiger partial charge in [0.1, 0.15) is 4.21 Å². The van der Waals surface area contributed by atoms with Crippen LogP contribution in [0.1, 0.15) is 14.8 Å². The van der Waals surface area contributed by atoms with Crippen LogP contribution in [0.3, 0.4) is 0 Å². The summed E-state index contributed by atoms with van der Waals surface area (Å²) in [4.78, 5) is 5.98. The van der Waals surface area contributed by atoms with E-state index in [1.54, 1.807) is 12.3 Å². The molecule has 0 fully saturated rings. The van der Waals surface area contributed by atoms with Gasteiger partial charge in [0.25, 0.3) is 0 Å². The summed E-state index contributed by atoms with van der Waals surface area (Å²) in [6, 6.07) is 3.43. The lowest BCUT2D eigenvalue weighted by molar-refractivity contribution is 0.584. The fourth-order valence-corrected chi connectivity index (χ4v) is 4.75. The molecule has 0 atom stereocenters. The lowest BCUT2D eigenvalue weighted by atomic mass is 10.3. The van der Waals surface area contributed by atoms with E-state index in [1.165, 1.54) is 22.7 Å². The zero-order valence-electron chi connectivity index (χ0n) is 10.4. The first-order chi connectivity index (χ1) is 9.01. The summed E-state index contributed by atoms with van der Waals surface area (Å²) in [6.07, 6.45) is 2.39. The molecule has 0 saturated carbocycles. The first-order valence-corrected chi connectivity index (χ1v) is 8.82. The number of thiophene rings is 1. The van der Waals surface area contributed by atoms with Crippen molar-refractivity contribution >= 4 is 32.7 Å². The molecule has 8 heteroatoms. The first-order valence-electron chi connectivity index (χ1n) is 5.71. The average molecular weight is 317 g/mol. The van der Waals surface area contributed by atoms with Gasteiger partial charge in [-0.1, -0.05) is 0 Å². The molecule has 0 aliphatic heterocycles. The first kappa shape index (κ1) is 14.6. The minimum Gasteiger partial charge on any atom is -0.330 e. The minimum atomic E-state index is -3.44. The maximum atomic E-state index is 12.1. The fraction of sp³-hybridized carbons (Fsp3) is 0.364. The van der Waals surface area contributed by atoms with Crippen LogP contribution in [-0.4, -0.2) is 19.9 Å². The summed E-state index contributed by atoms with van der Waals surface area (Å²) in [5.41, 5.74) is 5.45. The monoisotopic (exact) mass is 317 g/mol. The third kappa shape index (κ3) is 3.83. The highest BCUT2D eigenvalue weighted by Gasteiger charge is 2.16. The Morgan fingerprint density at radius 1 is 1.32 bits per heavy atom. The van der Waals surface area contributed by atoms with Crippen molar-refractivity contribution < 1.29 is 8.42 Å². The predicted molar refractivity (Wildman–Crippen MR) is 78.0 cm³/mol. The number of nitrogens with two attached hydrogens (primary N) is 1. The third-order valence-electron chi connectivity index (χ3n) is 2.40. The molecule has 2 rings (SSSR count). The molecule has 0 aromatic carbocycles. The van der Waals surface area contributed by atoms with Gasteiger partial charge in [-0.25, -0.2) is 18.1 Å². The van der Waals surface area contributed by atoms with Gasteiger partial charge in [0.2, 0.25) is 10.0 Å². The van der Waals surface area contributed by atoms with Crippen molar-refractivity contribution in [3.63, 3.8) is 0 Å². The lowest BCUT2D eigenvalue weighted by Crippen LogP contribution is -2.21. The minimum absolute atomic E-state index is 0.276. The van der Waals surface area contributed by atoms with Crippen LogP contribution in [0.4, 0.5) is 0 Å². The molecular weight excluding hydrogens is 302 g/mol. The Labute approximate surface area is 120 Å². The normalized spacial score (nSPS) is 11.9. The van der Waals surface area contributed by atoms with Crippen LogP contribution < -0.4 is 10.5 Å². The van der Waals surface area contributed by atoms with Crippen molar-refractivity contribution in [2.45, 2.75) is 24.1 Å². The molecule has 2 aromatic heterocycles. The summed E-state index contributed by atoms with van der Waals surface area (Å²) in [7, 11) is -3.44. The van der Waals surface area contributed by atoms with Gasteiger partial charge in [0.05, 0.1) is 5.01 Å². The van der Waals surface area contributed by atoms with Gasteiger partial charge < -0.3 is 5.73 Å². The number of aryl methyl sites for hydroxylation is 1. The molecule has 0 aliphatic carbocycles. The Morgan fingerprint density at radius 2 is 2.11 bits per heavy atom. The Balaban J connectivity index is 2.04. The van der Waals surface area contributed by atoms with E-state index in [2.05, 4.69) is 9.71 Å². The molecule has 3 N–H and O–H groups in total. The number of hydrogen-bond donors (Lipinski definition) is 2. The Hall–Kier alpha value is -0.800. The summed E-state index contributed by atoms with van der Waals surface area (Å²) >= 11 is 2.75. The quantitative estimate of drug-likeness (QED) is 0.845. The van der Waals surface area contributed by atoms with Crippen LogP contribution in [-0.2, 0) is 23.0 Å². The Morgan fingerprint density at radius 3 is 2.74 bits per heavy atom. The van der Waals surface area contributed by atoms with E-state index in [9.17, 15) is 8.42 Å². The van der Waals surface area contributed by atoms with Crippen molar-refractivity contribution in [2.75, 3.05) is 6.54 Å². The molecule has 0 unspecified atom stereocenters. The molecule has 0 aliphatic rings. The largest absolute Gasteiger partial charge is 0.330 e. The second-order valence-corrected chi connectivity index (χ2v) is 8.41. The van der Waals surface area contributed by atoms with Crippen molar-refractivity contribution in [3.8, 4) is 0 Å². The smallest absolute Gasteiger partial charge is 0.250 e. The summed E-state index contributed by atoms with van der Waals surface area (Å²) < 4.78 is 27.1. The molecule has 19 heavy (non-hydrogen) atoms. The predicted octanol–water partition coefficient (Wildman–Crippen LogP) is 1.49. The lowest BCUT2D eigenvalue weighted by Gasteiger charge is -2.02. The molecule has 2 heterocycles. The van der Waals surface area contributed by atoms with Crippen LogP contribution in [0.25, 0.3) is 0 Å². The maximum Gasteiger partial charge on any atom is 0.250 e. The zero-order valence-corrected chi connectivity index (χ0v) is 12.9. The van der Waals surface area contributed by atoms with Gasteiger partial charge in [0.15, 0.2) is 0 Å². The molecular formula is C11H15N3O2S3. The number of nitrogens with one attached hydrogen (secondary N) is 1. The molecule has 0 bridgehead atoms. The maximum absolute atomic E-state index is 12.1. The number of sulfonamides is 1. The van der Waals surface area contributed by atoms with Crippen molar-refractivity contribution in [1.82, 2.24) is 9.71 Å². The standard InChI is InChI=1S/C11H15N3O2S3/c1-8-13-6-10(17-8)7-14-19(15,16)11-3-2-9(18-11)4-5-12/h2-3,6,14H,4-5,7,12H2,1H3. The van der Waals surface area contributed by atoms with Crippen molar-refractivity contribution in [3.05, 3.63) is 33.1 Å². The Bertz CT molecular complexity index is 646. The molecule has 0 saturated heterocycles. The van der Waals surface area contributed by atoms with Gasteiger partial charge in [0, 0.05) is 22.5 Å². The van der Waals surface area contributed by atoms with Crippen LogP contribution in [0, 0.1) is 6.92 Å². The molecule has 104 valence electrons. The SMILES string of the molecule is Cc1ncc(CNS(=O)(=O)c2ccc(CCN)s2)s1. The number of rotatable bonds is 6. The second-order valence-electron chi connectivity index (χ2n) is 3.93. The number of nitrogens with zero attached hydrogens (tertiary/aromatic N) is 1. The highest BCUT2D eigenvalue weighted by Crippen LogP contribution is 2.22. The highest BCUT2D eigenvalue weighted by atomic mass is 32.2.